The maximum absolute atomic E-state index is 13.2. The van der Waals surface area contributed by atoms with E-state index in [4.69, 9.17) is 11.6 Å². The second-order valence-electron chi connectivity index (χ2n) is 5.76. The van der Waals surface area contributed by atoms with Crippen molar-refractivity contribution in [1.29, 1.82) is 0 Å². The number of hydrogen-bond acceptors (Lipinski definition) is 1. The number of fused-ring (bicyclic) bond motifs is 3. The van der Waals surface area contributed by atoms with Gasteiger partial charge in [0.05, 0.1) is 6.04 Å². The fourth-order valence-corrected chi connectivity index (χ4v) is 3.75. The lowest BCUT2D eigenvalue weighted by Gasteiger charge is -2.37. The highest BCUT2D eigenvalue weighted by atomic mass is 35.5. The molecule has 21 heavy (non-hydrogen) atoms. The van der Waals surface area contributed by atoms with Crippen molar-refractivity contribution in [3.63, 3.8) is 0 Å². The van der Waals surface area contributed by atoms with Crippen LogP contribution in [0.25, 0.3) is 0 Å². The molecule has 2 aromatic carbocycles. The van der Waals surface area contributed by atoms with Crippen LogP contribution in [0.1, 0.15) is 29.5 Å². The van der Waals surface area contributed by atoms with Gasteiger partial charge < -0.3 is 5.32 Å². The van der Waals surface area contributed by atoms with Crippen molar-refractivity contribution in [2.24, 2.45) is 5.92 Å². The van der Waals surface area contributed by atoms with Gasteiger partial charge in [-0.3, -0.25) is 0 Å². The lowest BCUT2D eigenvalue weighted by molar-refractivity contribution is 0.425. The van der Waals surface area contributed by atoms with Gasteiger partial charge in [-0.15, -0.1) is 0 Å². The first-order chi connectivity index (χ1) is 10.2. The molecule has 3 atom stereocenters. The van der Waals surface area contributed by atoms with Gasteiger partial charge in [-0.05, 0) is 53.8 Å². The van der Waals surface area contributed by atoms with E-state index in [9.17, 15) is 4.39 Å². The van der Waals surface area contributed by atoms with Gasteiger partial charge in [0.25, 0.3) is 0 Å². The van der Waals surface area contributed by atoms with Gasteiger partial charge in [-0.25, -0.2) is 4.39 Å². The molecular weight excluding hydrogens is 285 g/mol. The van der Waals surface area contributed by atoms with Crippen molar-refractivity contribution in [1.82, 2.24) is 0 Å². The smallest absolute Gasteiger partial charge is 0.123 e. The topological polar surface area (TPSA) is 12.0 Å². The molecule has 0 aromatic heterocycles. The van der Waals surface area contributed by atoms with Crippen molar-refractivity contribution in [2.45, 2.75) is 18.4 Å². The molecule has 0 bridgehead atoms. The maximum atomic E-state index is 13.2. The summed E-state index contributed by atoms with van der Waals surface area (Å²) >= 11 is 6.14. The Morgan fingerprint density at radius 1 is 1.10 bits per heavy atom. The van der Waals surface area contributed by atoms with Crippen LogP contribution < -0.4 is 5.32 Å². The second kappa shape index (κ2) is 4.88. The molecule has 1 aliphatic heterocycles. The Labute approximate surface area is 128 Å². The van der Waals surface area contributed by atoms with Gasteiger partial charge in [-0.2, -0.15) is 0 Å². The Kier molecular flexibility index (Phi) is 3.00. The third kappa shape index (κ3) is 2.14. The molecule has 1 heterocycles. The molecule has 1 nitrogen and oxygen atoms in total. The van der Waals surface area contributed by atoms with E-state index in [1.807, 2.05) is 24.3 Å². The Balaban J connectivity index is 1.78. The van der Waals surface area contributed by atoms with Crippen LogP contribution in [0.3, 0.4) is 0 Å². The first-order valence-corrected chi connectivity index (χ1v) is 7.58. The molecule has 0 radical (unpaired) electrons. The summed E-state index contributed by atoms with van der Waals surface area (Å²) in [4.78, 5) is 0. The lowest BCUT2D eigenvalue weighted by atomic mass is 9.77. The van der Waals surface area contributed by atoms with Crippen LogP contribution in [0.4, 0.5) is 10.1 Å². The first-order valence-electron chi connectivity index (χ1n) is 7.20. The monoisotopic (exact) mass is 299 g/mol. The molecule has 4 rings (SSSR count). The summed E-state index contributed by atoms with van der Waals surface area (Å²) in [6.45, 7) is 0. The third-order valence-corrected chi connectivity index (χ3v) is 4.79. The van der Waals surface area contributed by atoms with Crippen LogP contribution in [0.2, 0.25) is 5.02 Å². The zero-order valence-electron chi connectivity index (χ0n) is 11.4. The highest BCUT2D eigenvalue weighted by Gasteiger charge is 2.37. The summed E-state index contributed by atoms with van der Waals surface area (Å²) in [5.41, 5.74) is 3.52. The lowest BCUT2D eigenvalue weighted by Crippen LogP contribution is -2.29. The molecule has 0 saturated carbocycles. The van der Waals surface area contributed by atoms with Crippen molar-refractivity contribution < 1.29 is 4.39 Å². The molecule has 1 aliphatic carbocycles. The van der Waals surface area contributed by atoms with E-state index in [-0.39, 0.29) is 11.9 Å². The standard InChI is InChI=1S/C18H15ClFN/c19-12-6-9-17-16(10-12)14-2-1-3-15(14)18(21-17)11-4-7-13(20)8-5-11/h1-2,4-10,14-15,18,21H,3H2/t14-,15-,18-/m1/s1. The fraction of sp³-hybridized carbons (Fsp3) is 0.222. The predicted molar refractivity (Wildman–Crippen MR) is 84.2 cm³/mol. The summed E-state index contributed by atoms with van der Waals surface area (Å²) in [5.74, 6) is 0.652. The van der Waals surface area contributed by atoms with Crippen molar-refractivity contribution >= 4 is 17.3 Å². The van der Waals surface area contributed by atoms with Crippen LogP contribution >= 0.6 is 11.6 Å². The minimum atomic E-state index is -0.192. The first kappa shape index (κ1) is 12.9. The molecule has 0 spiro atoms. The molecule has 3 heteroatoms. The number of benzene rings is 2. The van der Waals surface area contributed by atoms with Crippen LogP contribution in [-0.2, 0) is 0 Å². The van der Waals surface area contributed by atoms with E-state index >= 15 is 0 Å². The van der Waals surface area contributed by atoms with Gasteiger partial charge in [0.15, 0.2) is 0 Å². The minimum absolute atomic E-state index is 0.192. The molecule has 2 aromatic rings. The predicted octanol–water partition coefficient (Wildman–Crippen LogP) is 5.31. The SMILES string of the molecule is Fc1ccc([C@H]2Nc3ccc(Cl)cc3[C@@H]3C=CC[C@@H]23)cc1. The quantitative estimate of drug-likeness (QED) is 0.704. The molecule has 2 aliphatic rings. The van der Waals surface area contributed by atoms with E-state index in [2.05, 4.69) is 23.5 Å². The molecule has 0 saturated heterocycles. The Hall–Kier alpha value is -1.80. The zero-order chi connectivity index (χ0) is 14.4. The molecule has 0 amide bonds. The number of allylic oxidation sites excluding steroid dienone is 2. The fourth-order valence-electron chi connectivity index (χ4n) is 3.57. The molecule has 1 N–H and O–H groups in total. The van der Waals surface area contributed by atoms with Gasteiger partial charge >= 0.3 is 0 Å². The van der Waals surface area contributed by atoms with Crippen LogP contribution in [0.5, 0.6) is 0 Å². The number of nitrogens with one attached hydrogen (secondary N) is 1. The van der Waals surface area contributed by atoms with Gasteiger partial charge in [0.2, 0.25) is 0 Å². The van der Waals surface area contributed by atoms with Gasteiger partial charge in [-0.1, -0.05) is 35.9 Å². The van der Waals surface area contributed by atoms with Crippen LogP contribution in [-0.4, -0.2) is 0 Å². The van der Waals surface area contributed by atoms with Crippen molar-refractivity contribution in [2.75, 3.05) is 5.32 Å². The summed E-state index contributed by atoms with van der Waals surface area (Å²) in [7, 11) is 0. The Morgan fingerprint density at radius 3 is 2.71 bits per heavy atom. The van der Waals surface area contributed by atoms with Crippen molar-refractivity contribution in [3.05, 3.63) is 76.6 Å². The van der Waals surface area contributed by atoms with Gasteiger partial charge in [0.1, 0.15) is 5.82 Å². The highest BCUT2D eigenvalue weighted by molar-refractivity contribution is 6.30. The van der Waals surface area contributed by atoms with E-state index < -0.39 is 0 Å². The van der Waals surface area contributed by atoms with E-state index in [0.717, 1.165) is 22.7 Å². The normalized spacial score (nSPS) is 26.1. The van der Waals surface area contributed by atoms with Crippen molar-refractivity contribution in [3.8, 4) is 0 Å². The summed E-state index contributed by atoms with van der Waals surface area (Å²) in [6.07, 6.45) is 5.55. The molecule has 0 unspecified atom stereocenters. The number of halogens is 2. The molecule has 106 valence electrons. The summed E-state index contributed by atoms with van der Waals surface area (Å²) in [6, 6.07) is 13.0. The van der Waals surface area contributed by atoms with Crippen LogP contribution in [0, 0.1) is 11.7 Å². The minimum Gasteiger partial charge on any atom is -0.378 e. The van der Waals surface area contributed by atoms with Gasteiger partial charge in [0, 0.05) is 16.6 Å². The summed E-state index contributed by atoms with van der Waals surface area (Å²) in [5, 5.41) is 4.38. The largest absolute Gasteiger partial charge is 0.378 e. The average Bonchev–Trinajstić information content (AvgIpc) is 2.97. The average molecular weight is 300 g/mol. The number of hydrogen-bond donors (Lipinski definition) is 1. The van der Waals surface area contributed by atoms with E-state index in [1.54, 1.807) is 0 Å². The van der Waals surface area contributed by atoms with E-state index in [1.165, 1.54) is 17.7 Å². The third-order valence-electron chi connectivity index (χ3n) is 4.55. The number of anilines is 1. The number of rotatable bonds is 1. The molecular formula is C18H15ClFN. The molecule has 0 fully saturated rings. The van der Waals surface area contributed by atoms with E-state index in [0.29, 0.717) is 11.8 Å². The summed E-state index contributed by atoms with van der Waals surface area (Å²) < 4.78 is 13.2. The Morgan fingerprint density at radius 2 is 1.90 bits per heavy atom. The zero-order valence-corrected chi connectivity index (χ0v) is 12.1. The highest BCUT2D eigenvalue weighted by Crippen LogP contribution is 2.50. The Bertz CT molecular complexity index is 708. The second-order valence-corrected chi connectivity index (χ2v) is 6.20. The maximum Gasteiger partial charge on any atom is 0.123 e. The van der Waals surface area contributed by atoms with Crippen LogP contribution in [0.15, 0.2) is 54.6 Å².